The Balaban J connectivity index is 1.71. The van der Waals surface area contributed by atoms with Crippen LogP contribution >= 0.6 is 0 Å². The molecule has 3 aromatic rings. The van der Waals surface area contributed by atoms with Gasteiger partial charge in [-0.2, -0.15) is 9.98 Å². The number of carbonyl (C=O) groups excluding carboxylic acids is 2. The lowest BCUT2D eigenvalue weighted by molar-refractivity contribution is 0.0994. The molecule has 9 heteroatoms. The standard InChI is InChI=1S/C23H22N6O3/c24-22(25)28-20(30)15-9-7-14(8-10-15)13-32-19-6-2-4-17(12-19)16-3-1-5-18(11-16)21(31)29-23(26)27/h1-12H,13H2,(H4,24,25,28,30)(H4,26,27,29,31). The Hall–Kier alpha value is -4.66. The number of benzene rings is 3. The first-order valence-electron chi connectivity index (χ1n) is 9.52. The number of nitrogens with zero attached hydrogens (tertiary/aromatic N) is 2. The molecular weight excluding hydrogens is 408 g/mol. The summed E-state index contributed by atoms with van der Waals surface area (Å²) in [6.07, 6.45) is 0. The summed E-state index contributed by atoms with van der Waals surface area (Å²) >= 11 is 0. The summed E-state index contributed by atoms with van der Waals surface area (Å²) in [7, 11) is 0. The Morgan fingerprint density at radius 3 is 1.88 bits per heavy atom. The van der Waals surface area contributed by atoms with Gasteiger partial charge in [-0.15, -0.1) is 0 Å². The number of aliphatic imine (C=N–C) groups is 2. The number of hydrogen-bond acceptors (Lipinski definition) is 3. The highest BCUT2D eigenvalue weighted by molar-refractivity contribution is 6.03. The molecule has 0 aliphatic heterocycles. The second-order valence-corrected chi connectivity index (χ2v) is 6.78. The maximum atomic E-state index is 12.1. The first-order chi connectivity index (χ1) is 15.3. The predicted molar refractivity (Wildman–Crippen MR) is 123 cm³/mol. The van der Waals surface area contributed by atoms with Crippen LogP contribution in [0.1, 0.15) is 26.3 Å². The largest absolute Gasteiger partial charge is 0.489 e. The van der Waals surface area contributed by atoms with E-state index in [1.54, 1.807) is 42.5 Å². The fraction of sp³-hybridized carbons (Fsp3) is 0.0435. The SMILES string of the molecule is NC(N)=NC(=O)c1ccc(COc2cccc(-c3cccc(C(=O)N=C(N)N)c3)c2)cc1. The molecule has 3 aromatic carbocycles. The average molecular weight is 430 g/mol. The second kappa shape index (κ2) is 9.90. The van der Waals surface area contributed by atoms with E-state index in [1.165, 1.54) is 0 Å². The Bertz CT molecular complexity index is 1190. The second-order valence-electron chi connectivity index (χ2n) is 6.78. The number of rotatable bonds is 6. The quantitative estimate of drug-likeness (QED) is 0.340. The lowest BCUT2D eigenvalue weighted by Gasteiger charge is -2.09. The van der Waals surface area contributed by atoms with Gasteiger partial charge in [0, 0.05) is 11.1 Å². The van der Waals surface area contributed by atoms with E-state index in [4.69, 9.17) is 27.7 Å². The number of amides is 2. The van der Waals surface area contributed by atoms with Crippen LogP contribution in [-0.2, 0) is 6.61 Å². The summed E-state index contributed by atoms with van der Waals surface area (Å²) in [6, 6.07) is 21.2. The summed E-state index contributed by atoms with van der Waals surface area (Å²) < 4.78 is 5.88. The van der Waals surface area contributed by atoms with E-state index in [0.717, 1.165) is 16.7 Å². The number of ether oxygens (including phenoxy) is 1. The van der Waals surface area contributed by atoms with Gasteiger partial charge in [0.05, 0.1) is 0 Å². The molecule has 2 amide bonds. The Morgan fingerprint density at radius 1 is 0.688 bits per heavy atom. The molecule has 0 spiro atoms. The Kier molecular flexibility index (Phi) is 6.81. The fourth-order valence-electron chi connectivity index (χ4n) is 2.87. The monoisotopic (exact) mass is 430 g/mol. The predicted octanol–water partition coefficient (Wildman–Crippen LogP) is 1.76. The highest BCUT2D eigenvalue weighted by Gasteiger charge is 2.08. The van der Waals surface area contributed by atoms with E-state index in [2.05, 4.69) is 9.98 Å². The molecule has 9 nitrogen and oxygen atoms in total. The minimum absolute atomic E-state index is 0.284. The van der Waals surface area contributed by atoms with Gasteiger partial charge in [-0.3, -0.25) is 9.59 Å². The first kappa shape index (κ1) is 22.0. The molecule has 0 fully saturated rings. The summed E-state index contributed by atoms with van der Waals surface area (Å²) in [4.78, 5) is 31.0. The molecule has 0 heterocycles. The zero-order chi connectivity index (χ0) is 23.1. The minimum Gasteiger partial charge on any atom is -0.489 e. The number of hydrogen-bond donors (Lipinski definition) is 4. The lowest BCUT2D eigenvalue weighted by Crippen LogP contribution is -2.24. The van der Waals surface area contributed by atoms with Crippen LogP contribution in [0.15, 0.2) is 82.8 Å². The van der Waals surface area contributed by atoms with Gasteiger partial charge >= 0.3 is 0 Å². The summed E-state index contributed by atoms with van der Waals surface area (Å²) in [5.74, 6) is -0.950. The van der Waals surface area contributed by atoms with Gasteiger partial charge in [0.15, 0.2) is 11.9 Å². The summed E-state index contributed by atoms with van der Waals surface area (Å²) in [5, 5.41) is 0. The van der Waals surface area contributed by atoms with Crippen LogP contribution in [0.3, 0.4) is 0 Å². The molecule has 0 saturated heterocycles. The summed E-state index contributed by atoms with van der Waals surface area (Å²) in [6.45, 7) is 0.295. The first-order valence-corrected chi connectivity index (χ1v) is 9.52. The maximum Gasteiger partial charge on any atom is 0.280 e. The normalized spacial score (nSPS) is 10.1. The summed E-state index contributed by atoms with van der Waals surface area (Å²) in [5.41, 5.74) is 24.3. The molecule has 0 aliphatic rings. The molecule has 0 bridgehead atoms. The zero-order valence-corrected chi connectivity index (χ0v) is 17.1. The van der Waals surface area contributed by atoms with Gasteiger partial charge < -0.3 is 27.7 Å². The van der Waals surface area contributed by atoms with E-state index < -0.39 is 11.8 Å². The third-order valence-corrected chi connectivity index (χ3v) is 4.34. The molecular formula is C23H22N6O3. The van der Waals surface area contributed by atoms with Crippen molar-refractivity contribution in [2.24, 2.45) is 32.9 Å². The van der Waals surface area contributed by atoms with Gasteiger partial charge in [-0.05, 0) is 53.1 Å². The number of nitrogens with two attached hydrogens (primary N) is 4. The van der Waals surface area contributed by atoms with Crippen molar-refractivity contribution in [1.29, 1.82) is 0 Å². The van der Waals surface area contributed by atoms with E-state index in [1.807, 2.05) is 30.3 Å². The third kappa shape index (κ3) is 5.92. The molecule has 162 valence electrons. The van der Waals surface area contributed by atoms with Crippen LogP contribution < -0.4 is 27.7 Å². The van der Waals surface area contributed by atoms with Crippen molar-refractivity contribution in [2.45, 2.75) is 6.61 Å². The Morgan fingerprint density at radius 2 is 1.25 bits per heavy atom. The van der Waals surface area contributed by atoms with E-state index in [0.29, 0.717) is 23.5 Å². The van der Waals surface area contributed by atoms with Crippen molar-refractivity contribution >= 4 is 23.7 Å². The molecule has 0 radical (unpaired) electrons. The highest BCUT2D eigenvalue weighted by atomic mass is 16.5. The molecule has 0 aliphatic carbocycles. The maximum absolute atomic E-state index is 12.1. The lowest BCUT2D eigenvalue weighted by atomic mass is 10.0. The molecule has 3 rings (SSSR count). The molecule has 0 aromatic heterocycles. The van der Waals surface area contributed by atoms with Crippen LogP contribution in [-0.4, -0.2) is 23.7 Å². The minimum atomic E-state index is -0.513. The van der Waals surface area contributed by atoms with Crippen molar-refractivity contribution in [1.82, 2.24) is 0 Å². The molecule has 0 unspecified atom stereocenters. The smallest absolute Gasteiger partial charge is 0.280 e. The van der Waals surface area contributed by atoms with Crippen LogP contribution in [0.2, 0.25) is 0 Å². The van der Waals surface area contributed by atoms with Crippen molar-refractivity contribution in [3.05, 3.63) is 89.5 Å². The number of guanidine groups is 2. The highest BCUT2D eigenvalue weighted by Crippen LogP contribution is 2.25. The van der Waals surface area contributed by atoms with Crippen LogP contribution in [0.5, 0.6) is 5.75 Å². The molecule has 8 N–H and O–H groups in total. The Labute approximate surface area is 184 Å². The van der Waals surface area contributed by atoms with Gasteiger partial charge in [0.1, 0.15) is 12.4 Å². The van der Waals surface area contributed by atoms with Gasteiger partial charge in [-0.25, -0.2) is 0 Å². The van der Waals surface area contributed by atoms with Crippen LogP contribution in [0, 0.1) is 0 Å². The topological polar surface area (TPSA) is 172 Å². The van der Waals surface area contributed by atoms with Gasteiger partial charge in [-0.1, -0.05) is 36.4 Å². The van der Waals surface area contributed by atoms with Crippen molar-refractivity contribution in [3.63, 3.8) is 0 Å². The van der Waals surface area contributed by atoms with Crippen molar-refractivity contribution in [3.8, 4) is 16.9 Å². The average Bonchev–Trinajstić information content (AvgIpc) is 2.77. The van der Waals surface area contributed by atoms with Crippen molar-refractivity contribution < 1.29 is 14.3 Å². The van der Waals surface area contributed by atoms with E-state index >= 15 is 0 Å². The van der Waals surface area contributed by atoms with Gasteiger partial charge in [0.25, 0.3) is 11.8 Å². The fourth-order valence-corrected chi connectivity index (χ4v) is 2.87. The molecule has 32 heavy (non-hydrogen) atoms. The zero-order valence-electron chi connectivity index (χ0n) is 17.1. The van der Waals surface area contributed by atoms with Crippen LogP contribution in [0.4, 0.5) is 0 Å². The molecule has 0 saturated carbocycles. The van der Waals surface area contributed by atoms with E-state index in [-0.39, 0.29) is 11.9 Å². The number of carbonyl (C=O) groups is 2. The van der Waals surface area contributed by atoms with Crippen LogP contribution in [0.25, 0.3) is 11.1 Å². The van der Waals surface area contributed by atoms with E-state index in [9.17, 15) is 9.59 Å². The van der Waals surface area contributed by atoms with Crippen molar-refractivity contribution in [2.75, 3.05) is 0 Å². The molecule has 0 atom stereocenters. The van der Waals surface area contributed by atoms with Gasteiger partial charge in [0.2, 0.25) is 0 Å². The third-order valence-electron chi connectivity index (χ3n) is 4.34.